The van der Waals surface area contributed by atoms with E-state index in [0.717, 1.165) is 74.8 Å². The fourth-order valence-corrected chi connectivity index (χ4v) is 6.29. The van der Waals surface area contributed by atoms with Crippen LogP contribution < -0.4 is 17.2 Å². The number of halogens is 6. The second-order valence-corrected chi connectivity index (χ2v) is 13.9. The molecule has 6 N–H and O–H groups in total. The van der Waals surface area contributed by atoms with Gasteiger partial charge in [0.25, 0.3) is 0 Å². The molecule has 4 atom stereocenters. The quantitative estimate of drug-likeness (QED) is 0.0691. The Morgan fingerprint density at radius 1 is 0.735 bits per heavy atom. The second kappa shape index (κ2) is 20.1. The zero-order chi connectivity index (χ0) is 36.8. The molecule has 0 spiro atoms. The van der Waals surface area contributed by atoms with Gasteiger partial charge in [0.2, 0.25) is 5.91 Å². The molecule has 0 aliphatic rings. The average Bonchev–Trinajstić information content (AvgIpc) is 3.02. The van der Waals surface area contributed by atoms with Crippen molar-refractivity contribution in [1.82, 2.24) is 4.90 Å². The van der Waals surface area contributed by atoms with Crippen molar-refractivity contribution in [2.75, 3.05) is 13.1 Å². The Morgan fingerprint density at radius 2 is 1.20 bits per heavy atom. The standard InChI is InChI=1S/C38H56F6N4O/c1-26(2)22-27(3)25-48(36(49)35(47)24-30-14-18-32(19-15-30)38(42,43)44)33(10-8-6-5-7-9-21-45)20-11-28(4)34(46)23-29-12-16-31(17-13-29)37(39,40)41/h12-19,26-27,33-35H,4-11,20-25,45-47H2,1-3H3/t27-,33+,34-,35-/m1/s1. The van der Waals surface area contributed by atoms with Crippen LogP contribution in [0.15, 0.2) is 60.7 Å². The molecule has 0 unspecified atom stereocenters. The van der Waals surface area contributed by atoms with Crippen LogP contribution in [0, 0.1) is 11.8 Å². The minimum absolute atomic E-state index is 0.0998. The first kappa shape index (κ1) is 42.3. The molecule has 2 aromatic rings. The zero-order valence-electron chi connectivity index (χ0n) is 29.3. The summed E-state index contributed by atoms with van der Waals surface area (Å²) in [6.07, 6.45) is -0.850. The molecular formula is C38H56F6N4O. The van der Waals surface area contributed by atoms with E-state index >= 15 is 0 Å². The lowest BCUT2D eigenvalue weighted by atomic mass is 9.91. The maximum Gasteiger partial charge on any atom is 0.416 e. The molecular weight excluding hydrogens is 642 g/mol. The van der Waals surface area contributed by atoms with Crippen LogP contribution in [0.1, 0.15) is 101 Å². The number of alkyl halides is 6. The lowest BCUT2D eigenvalue weighted by Crippen LogP contribution is -2.51. The highest BCUT2D eigenvalue weighted by Crippen LogP contribution is 2.31. The number of benzene rings is 2. The first-order chi connectivity index (χ1) is 22.9. The van der Waals surface area contributed by atoms with E-state index < -0.39 is 35.6 Å². The highest BCUT2D eigenvalue weighted by atomic mass is 19.4. The Kier molecular flexibility index (Phi) is 17.3. The highest BCUT2D eigenvalue weighted by molar-refractivity contribution is 5.82. The summed E-state index contributed by atoms with van der Waals surface area (Å²) in [5.41, 5.74) is 19.1. The predicted octanol–water partition coefficient (Wildman–Crippen LogP) is 8.68. The van der Waals surface area contributed by atoms with Crippen LogP contribution in [-0.4, -0.2) is 42.0 Å². The Bertz CT molecular complexity index is 1260. The van der Waals surface area contributed by atoms with Gasteiger partial charge in [0.05, 0.1) is 17.2 Å². The van der Waals surface area contributed by atoms with Crippen molar-refractivity contribution in [2.24, 2.45) is 29.0 Å². The van der Waals surface area contributed by atoms with Gasteiger partial charge in [0.15, 0.2) is 0 Å². The van der Waals surface area contributed by atoms with Crippen LogP contribution in [0.25, 0.3) is 0 Å². The molecule has 0 saturated heterocycles. The Hall–Kier alpha value is -2.89. The molecule has 0 aromatic heterocycles. The summed E-state index contributed by atoms with van der Waals surface area (Å²) < 4.78 is 78.3. The minimum Gasteiger partial charge on any atom is -0.338 e. The van der Waals surface area contributed by atoms with Gasteiger partial charge < -0.3 is 22.1 Å². The maximum atomic E-state index is 14.1. The van der Waals surface area contributed by atoms with E-state index in [9.17, 15) is 31.1 Å². The summed E-state index contributed by atoms with van der Waals surface area (Å²) >= 11 is 0. The van der Waals surface area contributed by atoms with Gasteiger partial charge in [0.1, 0.15) is 0 Å². The van der Waals surface area contributed by atoms with E-state index in [1.165, 1.54) is 24.3 Å². The molecule has 49 heavy (non-hydrogen) atoms. The van der Waals surface area contributed by atoms with Gasteiger partial charge in [-0.1, -0.05) is 82.9 Å². The van der Waals surface area contributed by atoms with Crippen molar-refractivity contribution in [1.29, 1.82) is 0 Å². The molecule has 5 nitrogen and oxygen atoms in total. The largest absolute Gasteiger partial charge is 0.416 e. The molecule has 0 aliphatic carbocycles. The number of carbonyl (C=O) groups excluding carboxylic acids is 1. The Labute approximate surface area is 288 Å². The van der Waals surface area contributed by atoms with Gasteiger partial charge in [-0.3, -0.25) is 4.79 Å². The highest BCUT2D eigenvalue weighted by Gasteiger charge is 2.32. The zero-order valence-corrected chi connectivity index (χ0v) is 29.3. The number of rotatable bonds is 21. The predicted molar refractivity (Wildman–Crippen MR) is 185 cm³/mol. The normalized spacial score (nSPS) is 14.8. The van der Waals surface area contributed by atoms with Gasteiger partial charge >= 0.3 is 12.4 Å². The van der Waals surface area contributed by atoms with E-state index in [1.54, 1.807) is 0 Å². The fourth-order valence-electron chi connectivity index (χ4n) is 6.29. The van der Waals surface area contributed by atoms with E-state index in [4.69, 9.17) is 17.2 Å². The van der Waals surface area contributed by atoms with Crippen molar-refractivity contribution in [3.05, 3.63) is 82.9 Å². The molecule has 0 aliphatic heterocycles. The molecule has 0 fully saturated rings. The van der Waals surface area contributed by atoms with Crippen molar-refractivity contribution >= 4 is 5.91 Å². The van der Waals surface area contributed by atoms with Crippen molar-refractivity contribution in [2.45, 2.75) is 122 Å². The number of carbonyl (C=O) groups is 1. The van der Waals surface area contributed by atoms with E-state index in [0.29, 0.717) is 49.4 Å². The van der Waals surface area contributed by atoms with Crippen LogP contribution in [0.2, 0.25) is 0 Å². The molecule has 2 aromatic carbocycles. The van der Waals surface area contributed by atoms with Gasteiger partial charge in [-0.2, -0.15) is 26.3 Å². The molecule has 0 radical (unpaired) electrons. The molecule has 1 amide bonds. The molecule has 0 bridgehead atoms. The first-order valence-corrected chi connectivity index (χ1v) is 17.4. The summed E-state index contributed by atoms with van der Waals surface area (Å²) in [5.74, 6) is 0.347. The van der Waals surface area contributed by atoms with Gasteiger partial charge in [-0.25, -0.2) is 0 Å². The summed E-state index contributed by atoms with van der Waals surface area (Å²) in [5, 5.41) is 0. The molecule has 0 saturated carbocycles. The summed E-state index contributed by atoms with van der Waals surface area (Å²) in [4.78, 5) is 16.0. The van der Waals surface area contributed by atoms with Crippen LogP contribution >= 0.6 is 0 Å². The Balaban J connectivity index is 2.25. The number of unbranched alkanes of at least 4 members (excludes halogenated alkanes) is 4. The number of nitrogens with two attached hydrogens (primary N) is 3. The summed E-state index contributed by atoms with van der Waals surface area (Å²) in [6, 6.07) is 8.07. The number of hydrogen-bond acceptors (Lipinski definition) is 4. The average molecular weight is 699 g/mol. The SMILES string of the molecule is C=C(CC[C@H](CCCCCCCN)N(C[C@H](C)CC(C)C)C(=O)[C@H](N)Cc1ccc(C(F)(F)F)cc1)[C@H](N)Cc1ccc(C(F)(F)F)cc1. The van der Waals surface area contributed by atoms with Crippen molar-refractivity contribution in [3.8, 4) is 0 Å². The van der Waals surface area contributed by atoms with E-state index in [-0.39, 0.29) is 24.3 Å². The number of amides is 1. The maximum absolute atomic E-state index is 14.1. The van der Waals surface area contributed by atoms with Crippen molar-refractivity contribution < 1.29 is 31.1 Å². The van der Waals surface area contributed by atoms with E-state index in [1.807, 2.05) is 4.90 Å². The first-order valence-electron chi connectivity index (χ1n) is 17.4. The lowest BCUT2D eigenvalue weighted by molar-refractivity contribution is -0.138. The van der Waals surface area contributed by atoms with Crippen LogP contribution in [0.5, 0.6) is 0 Å². The topological polar surface area (TPSA) is 98.4 Å². The summed E-state index contributed by atoms with van der Waals surface area (Å²) in [7, 11) is 0. The molecule has 276 valence electrons. The smallest absolute Gasteiger partial charge is 0.338 e. The second-order valence-electron chi connectivity index (χ2n) is 13.9. The third-order valence-corrected chi connectivity index (χ3v) is 8.96. The third kappa shape index (κ3) is 15.3. The molecule has 2 rings (SSSR count). The van der Waals surface area contributed by atoms with Gasteiger partial charge in [-0.05, 0) is 98.7 Å². The molecule has 11 heteroatoms. The monoisotopic (exact) mass is 698 g/mol. The van der Waals surface area contributed by atoms with Gasteiger partial charge in [0, 0.05) is 18.6 Å². The lowest BCUT2D eigenvalue weighted by Gasteiger charge is -2.37. The van der Waals surface area contributed by atoms with Crippen LogP contribution in [0.4, 0.5) is 26.3 Å². The molecule has 0 heterocycles. The number of hydrogen-bond donors (Lipinski definition) is 3. The Morgan fingerprint density at radius 3 is 1.67 bits per heavy atom. The third-order valence-electron chi connectivity index (χ3n) is 8.96. The van der Waals surface area contributed by atoms with Crippen molar-refractivity contribution in [3.63, 3.8) is 0 Å². The van der Waals surface area contributed by atoms with E-state index in [2.05, 4.69) is 27.4 Å². The fraction of sp³-hybridized carbons (Fsp3) is 0.605. The van der Waals surface area contributed by atoms with Crippen LogP contribution in [0.3, 0.4) is 0 Å². The number of nitrogens with zero attached hydrogens (tertiary/aromatic N) is 1. The van der Waals surface area contributed by atoms with Crippen LogP contribution in [-0.2, 0) is 30.0 Å². The minimum atomic E-state index is -4.46. The van der Waals surface area contributed by atoms with Gasteiger partial charge in [-0.15, -0.1) is 0 Å². The summed E-state index contributed by atoms with van der Waals surface area (Å²) in [6.45, 7) is 11.7.